The van der Waals surface area contributed by atoms with Crippen molar-refractivity contribution in [1.82, 2.24) is 0 Å². The molecule has 0 N–H and O–H groups in total. The zero-order chi connectivity index (χ0) is 35.4. The summed E-state index contributed by atoms with van der Waals surface area (Å²) in [7, 11) is 0. The first kappa shape index (κ1) is 44.4. The van der Waals surface area contributed by atoms with E-state index in [-0.39, 0.29) is 35.6 Å². The predicted octanol–water partition coefficient (Wildman–Crippen LogP) is 7.13. The molecule has 0 fully saturated rings. The molecule has 0 saturated carbocycles. The van der Waals surface area contributed by atoms with Crippen molar-refractivity contribution in [3.63, 3.8) is 0 Å². The molecule has 4 aromatic carbocycles. The molecule has 264 valence electrons. The number of hydrogen-bond acceptors (Lipinski definition) is 0. The largest absolute Gasteiger partial charge is 1.00 e. The summed E-state index contributed by atoms with van der Waals surface area (Å²) in [6, 6.07) is 30.8. The van der Waals surface area contributed by atoms with Gasteiger partial charge in [0.1, 0.15) is 0 Å². The Morgan fingerprint density at radius 3 is 1.70 bits per heavy atom. The topological polar surface area (TPSA) is 0 Å². The Hall–Kier alpha value is -1.73. The molecule has 4 aromatic rings. The van der Waals surface area contributed by atoms with Crippen LogP contribution in [0.5, 0.6) is 0 Å². The van der Waals surface area contributed by atoms with Gasteiger partial charge < -0.3 is 24.8 Å². The third kappa shape index (κ3) is 11.9. The minimum absolute atomic E-state index is 0. The maximum atomic E-state index is 5.98. The van der Waals surface area contributed by atoms with Crippen LogP contribution in [0.15, 0.2) is 96.6 Å². The van der Waals surface area contributed by atoms with Gasteiger partial charge in [0.25, 0.3) is 0 Å². The van der Waals surface area contributed by atoms with Gasteiger partial charge in [0.05, 0.1) is 0 Å². The Labute approximate surface area is 340 Å². The fourth-order valence-corrected chi connectivity index (χ4v) is 6.80. The van der Waals surface area contributed by atoms with Crippen LogP contribution in [0.2, 0.25) is 10.0 Å². The molecule has 0 nitrogen and oxygen atoms in total. The average molecular weight is 824 g/mol. The molecule has 6 rings (SSSR count). The molecule has 5 heteroatoms. The summed E-state index contributed by atoms with van der Waals surface area (Å²) < 4.78 is 1.26. The van der Waals surface area contributed by atoms with E-state index in [0.717, 1.165) is 27.6 Å². The molecule has 2 aliphatic rings. The average Bonchev–Trinajstić information content (AvgIpc) is 3.65. The van der Waals surface area contributed by atoms with E-state index in [9.17, 15) is 0 Å². The van der Waals surface area contributed by atoms with Crippen LogP contribution in [0.25, 0.3) is 11.1 Å². The van der Waals surface area contributed by atoms with Crippen molar-refractivity contribution in [3.8, 4) is 11.1 Å². The van der Waals surface area contributed by atoms with Crippen molar-refractivity contribution in [2.24, 2.45) is 11.3 Å². The van der Waals surface area contributed by atoms with E-state index < -0.39 is 0 Å². The van der Waals surface area contributed by atoms with Gasteiger partial charge in [-0.05, 0) is 17.4 Å². The Morgan fingerprint density at radius 1 is 0.720 bits per heavy atom. The molecular formula is C45H50Cl4Zr-2. The van der Waals surface area contributed by atoms with Crippen LogP contribution >= 0.6 is 23.2 Å². The van der Waals surface area contributed by atoms with Crippen LogP contribution in [0.4, 0.5) is 0 Å². The maximum absolute atomic E-state index is 5.98. The number of allylic oxidation sites excluding steroid dienone is 4. The molecule has 1 atom stereocenters. The van der Waals surface area contributed by atoms with Crippen molar-refractivity contribution in [1.29, 1.82) is 0 Å². The molecule has 50 heavy (non-hydrogen) atoms. The monoisotopic (exact) mass is 820 g/mol. The zero-order valence-electron chi connectivity index (χ0n) is 31.2. The van der Waals surface area contributed by atoms with E-state index in [4.69, 9.17) is 23.2 Å². The molecular weight excluding hydrogens is 774 g/mol. The summed E-state index contributed by atoms with van der Waals surface area (Å²) in [6.45, 7) is 22.6. The Balaban J connectivity index is 0.000000268. The van der Waals surface area contributed by atoms with E-state index in [1.54, 1.807) is 0 Å². The molecule has 0 radical (unpaired) electrons. The number of fused-ring (bicyclic) bond motifs is 3. The van der Waals surface area contributed by atoms with Crippen molar-refractivity contribution in [2.45, 2.75) is 92.9 Å². The van der Waals surface area contributed by atoms with Crippen molar-refractivity contribution >= 4 is 26.4 Å². The van der Waals surface area contributed by atoms with Crippen LogP contribution < -0.4 is 24.8 Å². The van der Waals surface area contributed by atoms with Gasteiger partial charge in [-0.15, -0.1) is 5.56 Å². The third-order valence-corrected chi connectivity index (χ3v) is 10.8. The Bertz CT molecular complexity index is 1720. The second kappa shape index (κ2) is 18.3. The number of halogens is 4. The zero-order valence-corrected chi connectivity index (χ0v) is 36.6. The second-order valence-electron chi connectivity index (χ2n) is 15.9. The summed E-state index contributed by atoms with van der Waals surface area (Å²) in [4.78, 5) is 0. The summed E-state index contributed by atoms with van der Waals surface area (Å²) in [5.41, 5.74) is 12.8. The minimum atomic E-state index is 0. The van der Waals surface area contributed by atoms with Gasteiger partial charge in [-0.1, -0.05) is 122 Å². The first-order valence-corrected chi connectivity index (χ1v) is 19.0. The van der Waals surface area contributed by atoms with Gasteiger partial charge >= 0.3 is 120 Å². The van der Waals surface area contributed by atoms with E-state index in [1.807, 2.05) is 36.4 Å². The molecule has 0 aromatic heterocycles. The number of benzene rings is 4. The van der Waals surface area contributed by atoms with E-state index in [1.165, 1.54) is 72.8 Å². The van der Waals surface area contributed by atoms with Gasteiger partial charge in [-0.3, -0.25) is 6.08 Å². The van der Waals surface area contributed by atoms with Gasteiger partial charge in [0, 0.05) is 0 Å². The van der Waals surface area contributed by atoms with E-state index >= 15 is 0 Å². The van der Waals surface area contributed by atoms with Gasteiger partial charge in [0.15, 0.2) is 0 Å². The molecule has 0 spiro atoms. The normalized spacial score (nSPS) is 14.4. The minimum Gasteiger partial charge on any atom is -1.00 e. The molecule has 1 unspecified atom stereocenters. The van der Waals surface area contributed by atoms with Gasteiger partial charge in [-0.2, -0.15) is 41.0 Å². The summed E-state index contributed by atoms with van der Waals surface area (Å²) >= 11 is 13.3. The Kier molecular flexibility index (Phi) is 16.3. The standard InChI is InChI=1S/C21H25.C13H8Cl2.C11H17.2ClH.Zr/c1-20(2,3)16-9-7-14-11-15-8-10-17(21(4,5)6)13-19(15)18(14)12-16;14-12-5-1-3-10(8-12)7-11-4-2-6-13(15)9-11;1-5-9-6-7-10(8-9)11(2,3)4;;;/h7,9-10,12-13H,11H2,1-6H3;1-6,8-9H;7-9H,5H2,1-4H3;2*1H;/q-1;;-1;;;+2/p-2. The van der Waals surface area contributed by atoms with Gasteiger partial charge in [0.2, 0.25) is 0 Å². The number of rotatable bonds is 3. The van der Waals surface area contributed by atoms with Crippen LogP contribution in [-0.4, -0.2) is 3.21 Å². The van der Waals surface area contributed by atoms with Crippen LogP contribution in [0.1, 0.15) is 109 Å². The van der Waals surface area contributed by atoms with Crippen LogP contribution in [0, 0.1) is 23.5 Å². The first-order valence-electron chi connectivity index (χ1n) is 17.0. The van der Waals surface area contributed by atoms with Crippen LogP contribution in [0.3, 0.4) is 0 Å². The fourth-order valence-electron chi connectivity index (χ4n) is 5.65. The van der Waals surface area contributed by atoms with E-state index in [0.29, 0.717) is 11.3 Å². The second-order valence-corrected chi connectivity index (χ2v) is 18.0. The Morgan fingerprint density at radius 2 is 1.26 bits per heavy atom. The molecule has 0 saturated heterocycles. The van der Waals surface area contributed by atoms with Crippen molar-refractivity contribution in [2.75, 3.05) is 0 Å². The smallest absolute Gasteiger partial charge is 1.00 e. The molecule has 0 bridgehead atoms. The molecule has 0 heterocycles. The third-order valence-electron chi connectivity index (χ3n) is 8.89. The maximum Gasteiger partial charge on any atom is -1.00 e. The molecule has 0 amide bonds. The summed E-state index contributed by atoms with van der Waals surface area (Å²) in [5.74, 6) is 0.573. The molecule has 2 aliphatic carbocycles. The fraction of sp³-hybridized carbons (Fsp3) is 0.356. The van der Waals surface area contributed by atoms with Gasteiger partial charge in [-0.25, -0.2) is 6.08 Å². The van der Waals surface area contributed by atoms with Crippen LogP contribution in [-0.2, 0) is 41.5 Å². The first-order chi connectivity index (χ1) is 22.4. The summed E-state index contributed by atoms with van der Waals surface area (Å²) in [6.07, 6.45) is 10.0. The predicted molar refractivity (Wildman–Crippen MR) is 206 cm³/mol. The summed E-state index contributed by atoms with van der Waals surface area (Å²) in [5, 5.41) is 1.53. The SMILES string of the molecule is CC(C)(C)c1c[c-]c2c(c1)-c1cc(C(C)(C)C)ccc1C2.CCC1[C-]=CC(C(C)(C)C)=C1.Clc1cccc([C](=[Zr+2])c2cccc(Cl)c2)c1.[Cl-].[Cl-]. The van der Waals surface area contributed by atoms with Crippen molar-refractivity contribution in [3.05, 3.63) is 152 Å². The molecule has 0 aliphatic heterocycles. The van der Waals surface area contributed by atoms with Crippen molar-refractivity contribution < 1.29 is 49.0 Å². The van der Waals surface area contributed by atoms with E-state index in [2.05, 4.69) is 136 Å². The quantitative estimate of drug-likeness (QED) is 0.170. The number of hydrogen-bond donors (Lipinski definition) is 0.